The molecule has 1 N–H and O–H groups in total. The van der Waals surface area contributed by atoms with E-state index < -0.39 is 17.2 Å². The Morgan fingerprint density at radius 1 is 0.917 bits per heavy atom. The second-order valence-electron chi connectivity index (χ2n) is 10.4. The predicted molar refractivity (Wildman–Crippen MR) is 132 cm³/mol. The lowest BCUT2D eigenvalue weighted by Crippen LogP contribution is -2.51. The Morgan fingerprint density at radius 3 is 2.17 bits per heavy atom. The third-order valence-electron chi connectivity index (χ3n) is 7.07. The Labute approximate surface area is 208 Å². The summed E-state index contributed by atoms with van der Waals surface area (Å²) in [5.74, 6) is 0.0514. The van der Waals surface area contributed by atoms with Gasteiger partial charge in [0.25, 0.3) is 0 Å². The molecule has 36 heavy (non-hydrogen) atoms. The van der Waals surface area contributed by atoms with Gasteiger partial charge in [0, 0.05) is 60.8 Å². The Balaban J connectivity index is 1.64. The minimum absolute atomic E-state index is 0.0514. The molecule has 1 atom stereocenters. The van der Waals surface area contributed by atoms with Crippen LogP contribution in [0, 0.1) is 5.41 Å². The molecule has 5 nitrogen and oxygen atoms in total. The summed E-state index contributed by atoms with van der Waals surface area (Å²) in [4.78, 5) is 20.6. The van der Waals surface area contributed by atoms with Crippen LogP contribution in [0.5, 0.6) is 0 Å². The molecule has 1 fully saturated rings. The number of rotatable bonds is 2. The smallest absolute Gasteiger partial charge is 0.372 e. The number of anilines is 1. The lowest BCUT2D eigenvalue weighted by molar-refractivity contribution is -0.246. The predicted octanol–water partition coefficient (Wildman–Crippen LogP) is 5.22. The molecule has 5 rings (SSSR count). The number of nitrogens with zero attached hydrogens (tertiary/aromatic N) is 3. The summed E-state index contributed by atoms with van der Waals surface area (Å²) in [6.45, 7) is 7.53. The summed E-state index contributed by atoms with van der Waals surface area (Å²) in [5.41, 5.74) is -1.32. The minimum atomic E-state index is -4.92. The maximum atomic E-state index is 14.5. The van der Waals surface area contributed by atoms with E-state index in [-0.39, 0.29) is 17.0 Å². The zero-order valence-corrected chi connectivity index (χ0v) is 20.4. The van der Waals surface area contributed by atoms with E-state index >= 15 is 0 Å². The second kappa shape index (κ2) is 8.34. The summed E-state index contributed by atoms with van der Waals surface area (Å²) in [7, 11) is 0. The molecule has 1 amide bonds. The van der Waals surface area contributed by atoms with Crippen LogP contribution in [0.4, 0.5) is 18.9 Å². The van der Waals surface area contributed by atoms with Crippen molar-refractivity contribution in [3.05, 3.63) is 72.1 Å². The molecule has 1 aliphatic heterocycles. The maximum absolute atomic E-state index is 14.5. The molecule has 2 aliphatic rings. The van der Waals surface area contributed by atoms with Crippen molar-refractivity contribution in [1.82, 2.24) is 9.88 Å². The zero-order chi connectivity index (χ0) is 25.9. The second-order valence-corrected chi connectivity index (χ2v) is 10.4. The van der Waals surface area contributed by atoms with Gasteiger partial charge >= 0.3 is 6.18 Å². The highest BCUT2D eigenvalue weighted by Crippen LogP contribution is 2.58. The van der Waals surface area contributed by atoms with E-state index in [1.807, 2.05) is 31.7 Å². The maximum Gasteiger partial charge on any atom is 0.425 e. The van der Waals surface area contributed by atoms with E-state index in [0.717, 1.165) is 0 Å². The van der Waals surface area contributed by atoms with E-state index in [0.29, 0.717) is 54.1 Å². The van der Waals surface area contributed by atoms with Crippen LogP contribution in [0.1, 0.15) is 31.9 Å². The standard InChI is InChI=1S/C28H28F3N3O2/c1-26(2,3)25(35)34-14-12-33(13-15-34)19-16-21(18-8-10-32-11-9-18)24-20-6-4-5-7-22(20)27(36,23(24)17-19)28(29,30)31/h4-11,16-17,36H,12-15H2,1-3H3. The van der Waals surface area contributed by atoms with E-state index in [1.165, 1.54) is 18.2 Å². The first-order chi connectivity index (χ1) is 16.9. The van der Waals surface area contributed by atoms with Gasteiger partial charge in [-0.1, -0.05) is 45.0 Å². The number of amides is 1. The van der Waals surface area contributed by atoms with Crippen molar-refractivity contribution in [1.29, 1.82) is 0 Å². The number of benzene rings is 2. The monoisotopic (exact) mass is 495 g/mol. The highest BCUT2D eigenvalue weighted by atomic mass is 19.4. The number of piperazine rings is 1. The summed E-state index contributed by atoms with van der Waals surface area (Å²) in [6, 6.07) is 13.0. The lowest BCUT2D eigenvalue weighted by Gasteiger charge is -2.39. The number of carbonyl (C=O) groups excluding carboxylic acids is 1. The number of aromatic nitrogens is 1. The van der Waals surface area contributed by atoms with Gasteiger partial charge < -0.3 is 14.9 Å². The van der Waals surface area contributed by atoms with Crippen LogP contribution in [0.3, 0.4) is 0 Å². The van der Waals surface area contributed by atoms with Gasteiger partial charge in [-0.25, -0.2) is 0 Å². The van der Waals surface area contributed by atoms with Crippen LogP contribution >= 0.6 is 0 Å². The van der Waals surface area contributed by atoms with Gasteiger partial charge in [0.2, 0.25) is 11.5 Å². The number of pyridine rings is 1. The zero-order valence-electron chi connectivity index (χ0n) is 20.4. The SMILES string of the molecule is CC(C)(C)C(=O)N1CCN(c2cc(-c3ccncc3)c3c(c2)C(O)(C(F)(F)F)c2ccccc2-3)CC1. The van der Waals surface area contributed by atoms with Crippen molar-refractivity contribution < 1.29 is 23.1 Å². The van der Waals surface area contributed by atoms with E-state index in [2.05, 4.69) is 4.98 Å². The molecule has 0 spiro atoms. The van der Waals surface area contributed by atoms with E-state index in [4.69, 9.17) is 0 Å². The van der Waals surface area contributed by atoms with Gasteiger partial charge in [0.15, 0.2) is 0 Å². The number of carbonyl (C=O) groups is 1. The van der Waals surface area contributed by atoms with Crippen molar-refractivity contribution >= 4 is 11.6 Å². The molecule has 0 saturated carbocycles. The van der Waals surface area contributed by atoms with Gasteiger partial charge in [-0.3, -0.25) is 9.78 Å². The van der Waals surface area contributed by atoms with Gasteiger partial charge in [-0.05, 0) is 46.5 Å². The van der Waals surface area contributed by atoms with Crippen LogP contribution in [-0.2, 0) is 10.4 Å². The number of hydrogen-bond donors (Lipinski definition) is 1. The van der Waals surface area contributed by atoms with Crippen molar-refractivity contribution in [2.24, 2.45) is 5.41 Å². The molecule has 2 heterocycles. The van der Waals surface area contributed by atoms with Crippen molar-refractivity contribution in [2.75, 3.05) is 31.1 Å². The molecule has 0 bridgehead atoms. The first-order valence-corrected chi connectivity index (χ1v) is 11.9. The Hall–Kier alpha value is -3.39. The van der Waals surface area contributed by atoms with Crippen LogP contribution in [0.15, 0.2) is 60.9 Å². The van der Waals surface area contributed by atoms with Gasteiger partial charge in [0.05, 0.1) is 0 Å². The first kappa shape index (κ1) is 24.3. The highest BCUT2D eigenvalue weighted by molar-refractivity contribution is 5.94. The molecule has 1 aliphatic carbocycles. The van der Waals surface area contributed by atoms with Crippen molar-refractivity contribution in [3.63, 3.8) is 0 Å². The van der Waals surface area contributed by atoms with Crippen LogP contribution < -0.4 is 4.90 Å². The molecular formula is C28H28F3N3O2. The van der Waals surface area contributed by atoms with Crippen LogP contribution in [0.2, 0.25) is 0 Å². The molecule has 1 saturated heterocycles. The molecule has 2 aromatic carbocycles. The summed E-state index contributed by atoms with van der Waals surface area (Å²) >= 11 is 0. The average Bonchev–Trinajstić information content (AvgIpc) is 3.13. The fraction of sp³-hybridized carbons (Fsp3) is 0.357. The molecule has 8 heteroatoms. The van der Waals surface area contributed by atoms with Gasteiger partial charge in [-0.15, -0.1) is 0 Å². The summed E-state index contributed by atoms with van der Waals surface area (Å²) < 4.78 is 43.6. The topological polar surface area (TPSA) is 56.7 Å². The van der Waals surface area contributed by atoms with Crippen LogP contribution in [0.25, 0.3) is 22.3 Å². The van der Waals surface area contributed by atoms with Crippen LogP contribution in [-0.4, -0.2) is 53.3 Å². The molecule has 3 aromatic rings. The normalized spacial score (nSPS) is 19.8. The lowest BCUT2D eigenvalue weighted by atomic mass is 9.88. The van der Waals surface area contributed by atoms with Gasteiger partial charge in [0.1, 0.15) is 0 Å². The largest absolute Gasteiger partial charge is 0.425 e. The van der Waals surface area contributed by atoms with Crippen molar-refractivity contribution in [2.45, 2.75) is 32.5 Å². The summed E-state index contributed by atoms with van der Waals surface area (Å²) in [6.07, 6.45) is -1.72. The van der Waals surface area contributed by atoms with E-state index in [9.17, 15) is 23.1 Å². The van der Waals surface area contributed by atoms with E-state index in [1.54, 1.807) is 41.6 Å². The Morgan fingerprint density at radius 2 is 1.56 bits per heavy atom. The van der Waals surface area contributed by atoms with Crippen molar-refractivity contribution in [3.8, 4) is 22.3 Å². The Bertz CT molecular complexity index is 1310. The van der Waals surface area contributed by atoms with Gasteiger partial charge in [-0.2, -0.15) is 13.2 Å². The molecular weight excluding hydrogens is 467 g/mol. The number of fused-ring (bicyclic) bond motifs is 3. The molecule has 1 unspecified atom stereocenters. The molecule has 1 aromatic heterocycles. The Kier molecular flexibility index (Phi) is 5.63. The number of halogens is 3. The molecule has 0 radical (unpaired) electrons. The number of hydrogen-bond acceptors (Lipinski definition) is 4. The third-order valence-corrected chi connectivity index (χ3v) is 7.07. The quantitative estimate of drug-likeness (QED) is 0.530. The number of alkyl halides is 3. The summed E-state index contributed by atoms with van der Waals surface area (Å²) in [5, 5.41) is 11.3. The highest BCUT2D eigenvalue weighted by Gasteiger charge is 2.61. The third kappa shape index (κ3) is 3.75. The average molecular weight is 496 g/mol. The minimum Gasteiger partial charge on any atom is -0.372 e. The molecule has 188 valence electrons. The fourth-order valence-electron chi connectivity index (χ4n) is 5.25. The number of aliphatic hydroxyl groups is 1. The first-order valence-electron chi connectivity index (χ1n) is 11.9. The fourth-order valence-corrected chi connectivity index (χ4v) is 5.25.